The fourth-order valence-electron chi connectivity index (χ4n) is 3.11. The van der Waals surface area contributed by atoms with E-state index in [0.29, 0.717) is 6.54 Å². The summed E-state index contributed by atoms with van der Waals surface area (Å²) in [5.74, 6) is 0.0630. The van der Waals surface area contributed by atoms with Crippen LogP contribution in [0.5, 0.6) is 0 Å². The highest BCUT2D eigenvalue weighted by Gasteiger charge is 2.31. The van der Waals surface area contributed by atoms with Crippen LogP contribution in [0.15, 0.2) is 67.0 Å². The number of hydrogen-bond acceptors (Lipinski definition) is 3. The van der Waals surface area contributed by atoms with E-state index in [2.05, 4.69) is 10.4 Å². The van der Waals surface area contributed by atoms with Crippen molar-refractivity contribution in [3.05, 3.63) is 78.1 Å². The van der Waals surface area contributed by atoms with Crippen molar-refractivity contribution in [3.8, 4) is 5.69 Å². The first-order valence-electron chi connectivity index (χ1n) is 8.04. The maximum atomic E-state index is 12.8. The molecule has 5 heteroatoms. The number of fused-ring (bicyclic) bond motifs is 1. The van der Waals surface area contributed by atoms with Crippen LogP contribution in [0.2, 0.25) is 0 Å². The number of nitrogens with one attached hydrogen (secondary N) is 1. The van der Waals surface area contributed by atoms with Gasteiger partial charge in [-0.2, -0.15) is 5.10 Å². The molecule has 2 heterocycles. The minimum atomic E-state index is -0.163. The number of amides is 1. The molecule has 0 saturated carbocycles. The second-order valence-electron chi connectivity index (χ2n) is 5.73. The maximum absolute atomic E-state index is 12.8. The number of para-hydroxylation sites is 1. The van der Waals surface area contributed by atoms with Crippen molar-refractivity contribution in [1.29, 1.82) is 0 Å². The van der Waals surface area contributed by atoms with E-state index in [9.17, 15) is 4.79 Å². The molecule has 0 bridgehead atoms. The lowest BCUT2D eigenvalue weighted by Gasteiger charge is -2.37. The van der Waals surface area contributed by atoms with Crippen LogP contribution in [0.3, 0.4) is 0 Å². The van der Waals surface area contributed by atoms with Gasteiger partial charge in [0.25, 0.3) is 5.91 Å². The molecule has 24 heavy (non-hydrogen) atoms. The molecule has 0 fully saturated rings. The molecule has 1 N–H and O–H groups in total. The topological polar surface area (TPSA) is 50.2 Å². The second-order valence-corrected chi connectivity index (χ2v) is 5.73. The van der Waals surface area contributed by atoms with E-state index in [1.54, 1.807) is 6.20 Å². The van der Waals surface area contributed by atoms with Gasteiger partial charge in [-0.3, -0.25) is 4.79 Å². The monoisotopic (exact) mass is 318 g/mol. The summed E-state index contributed by atoms with van der Waals surface area (Å²) >= 11 is 0. The third-order valence-corrected chi connectivity index (χ3v) is 4.34. The SMILES string of the molecule is CCN1C(=O)c2ccccc2N[C@H]1c1ccc(-n2cccn2)cc1. The Kier molecular flexibility index (Phi) is 3.54. The molecule has 0 saturated heterocycles. The molecule has 1 aliphatic heterocycles. The summed E-state index contributed by atoms with van der Waals surface area (Å²) in [6, 6.07) is 17.7. The molecule has 1 atom stereocenters. The Hall–Kier alpha value is -3.08. The molecule has 3 aromatic rings. The summed E-state index contributed by atoms with van der Waals surface area (Å²) in [6.45, 7) is 2.64. The lowest BCUT2D eigenvalue weighted by Crippen LogP contribution is -2.42. The van der Waals surface area contributed by atoms with Gasteiger partial charge in [0.1, 0.15) is 6.17 Å². The average molecular weight is 318 g/mol. The fraction of sp³-hybridized carbons (Fsp3) is 0.158. The highest BCUT2D eigenvalue weighted by molar-refractivity contribution is 6.01. The molecular weight excluding hydrogens is 300 g/mol. The zero-order chi connectivity index (χ0) is 16.5. The van der Waals surface area contributed by atoms with Crippen LogP contribution in [0.25, 0.3) is 5.69 Å². The first kappa shape index (κ1) is 14.5. The Balaban J connectivity index is 1.69. The zero-order valence-corrected chi connectivity index (χ0v) is 13.4. The molecule has 0 spiro atoms. The Morgan fingerprint density at radius 1 is 1.08 bits per heavy atom. The van der Waals surface area contributed by atoms with Gasteiger partial charge in [0, 0.05) is 24.6 Å². The number of anilines is 1. The van der Waals surface area contributed by atoms with E-state index in [-0.39, 0.29) is 12.1 Å². The van der Waals surface area contributed by atoms with E-state index in [0.717, 1.165) is 22.5 Å². The summed E-state index contributed by atoms with van der Waals surface area (Å²) in [5.41, 5.74) is 3.65. The number of rotatable bonds is 3. The van der Waals surface area contributed by atoms with Crippen molar-refractivity contribution in [2.45, 2.75) is 13.1 Å². The average Bonchev–Trinajstić information content (AvgIpc) is 3.16. The fourth-order valence-corrected chi connectivity index (χ4v) is 3.11. The molecule has 4 rings (SSSR count). The van der Waals surface area contributed by atoms with E-state index in [1.807, 2.05) is 77.3 Å². The largest absolute Gasteiger partial charge is 0.361 e. The van der Waals surface area contributed by atoms with Crippen LogP contribution in [0.4, 0.5) is 5.69 Å². The number of benzene rings is 2. The van der Waals surface area contributed by atoms with Crippen molar-refractivity contribution in [2.75, 3.05) is 11.9 Å². The minimum Gasteiger partial charge on any atom is -0.361 e. The molecule has 0 unspecified atom stereocenters. The summed E-state index contributed by atoms with van der Waals surface area (Å²) in [5, 5.41) is 7.72. The van der Waals surface area contributed by atoms with Crippen molar-refractivity contribution in [1.82, 2.24) is 14.7 Å². The summed E-state index contributed by atoms with van der Waals surface area (Å²) in [6.07, 6.45) is 3.50. The Labute approximate surface area is 140 Å². The molecule has 1 aromatic heterocycles. The van der Waals surface area contributed by atoms with Gasteiger partial charge in [0.15, 0.2) is 0 Å². The van der Waals surface area contributed by atoms with Gasteiger partial charge in [-0.1, -0.05) is 24.3 Å². The summed E-state index contributed by atoms with van der Waals surface area (Å²) in [4.78, 5) is 14.6. The number of nitrogens with zero attached hydrogens (tertiary/aromatic N) is 3. The van der Waals surface area contributed by atoms with Crippen LogP contribution >= 0.6 is 0 Å². The predicted molar refractivity (Wildman–Crippen MR) is 93.1 cm³/mol. The quantitative estimate of drug-likeness (QED) is 0.804. The smallest absolute Gasteiger partial charge is 0.257 e. The molecule has 1 aliphatic rings. The van der Waals surface area contributed by atoms with Gasteiger partial charge in [0.05, 0.1) is 11.3 Å². The molecule has 1 amide bonds. The van der Waals surface area contributed by atoms with E-state index >= 15 is 0 Å². The molecule has 0 aliphatic carbocycles. The van der Waals surface area contributed by atoms with Gasteiger partial charge in [0.2, 0.25) is 0 Å². The van der Waals surface area contributed by atoms with E-state index < -0.39 is 0 Å². The van der Waals surface area contributed by atoms with Crippen LogP contribution in [-0.4, -0.2) is 27.1 Å². The normalized spacial score (nSPS) is 16.6. The molecule has 120 valence electrons. The second kappa shape index (κ2) is 5.85. The van der Waals surface area contributed by atoms with Crippen LogP contribution < -0.4 is 5.32 Å². The Bertz CT molecular complexity index is 855. The predicted octanol–water partition coefficient (Wildman–Crippen LogP) is 3.46. The molecule has 5 nitrogen and oxygen atoms in total. The van der Waals surface area contributed by atoms with Gasteiger partial charge in [-0.25, -0.2) is 4.68 Å². The summed E-state index contributed by atoms with van der Waals surface area (Å²) < 4.78 is 1.82. The first-order valence-corrected chi connectivity index (χ1v) is 8.04. The van der Waals surface area contributed by atoms with E-state index in [1.165, 1.54) is 0 Å². The van der Waals surface area contributed by atoms with Gasteiger partial charge < -0.3 is 10.2 Å². The van der Waals surface area contributed by atoms with Crippen LogP contribution in [0, 0.1) is 0 Å². The Morgan fingerprint density at radius 2 is 1.88 bits per heavy atom. The lowest BCUT2D eigenvalue weighted by molar-refractivity contribution is 0.0695. The number of aromatic nitrogens is 2. The van der Waals surface area contributed by atoms with Gasteiger partial charge >= 0.3 is 0 Å². The van der Waals surface area contributed by atoms with E-state index in [4.69, 9.17) is 0 Å². The van der Waals surface area contributed by atoms with Gasteiger partial charge in [-0.15, -0.1) is 0 Å². The third-order valence-electron chi connectivity index (χ3n) is 4.34. The number of carbonyl (C=O) groups excluding carboxylic acids is 1. The number of hydrogen-bond donors (Lipinski definition) is 1. The van der Waals surface area contributed by atoms with Gasteiger partial charge in [-0.05, 0) is 42.8 Å². The lowest BCUT2D eigenvalue weighted by atomic mass is 10.0. The molecular formula is C19H18N4O. The highest BCUT2D eigenvalue weighted by Crippen LogP contribution is 2.32. The first-order chi connectivity index (χ1) is 11.8. The van der Waals surface area contributed by atoms with Crippen molar-refractivity contribution < 1.29 is 4.79 Å². The Morgan fingerprint density at radius 3 is 2.58 bits per heavy atom. The minimum absolute atomic E-state index is 0.0630. The summed E-state index contributed by atoms with van der Waals surface area (Å²) in [7, 11) is 0. The molecule has 0 radical (unpaired) electrons. The van der Waals surface area contributed by atoms with Crippen LogP contribution in [-0.2, 0) is 0 Å². The standard InChI is InChI=1S/C19H18N4O/c1-2-22-18(21-17-7-4-3-6-16(17)19(22)24)14-8-10-15(11-9-14)23-13-5-12-20-23/h3-13,18,21H,2H2,1H3/t18-/m1/s1. The molecule has 2 aromatic carbocycles. The van der Waals surface area contributed by atoms with Crippen LogP contribution in [0.1, 0.15) is 29.0 Å². The number of carbonyl (C=O) groups is 1. The maximum Gasteiger partial charge on any atom is 0.257 e. The highest BCUT2D eigenvalue weighted by atomic mass is 16.2. The van der Waals surface area contributed by atoms with Crippen molar-refractivity contribution >= 4 is 11.6 Å². The zero-order valence-electron chi connectivity index (χ0n) is 13.4. The third kappa shape index (κ3) is 2.34. The van der Waals surface area contributed by atoms with Crippen molar-refractivity contribution in [2.24, 2.45) is 0 Å². The van der Waals surface area contributed by atoms with Crippen molar-refractivity contribution in [3.63, 3.8) is 0 Å².